The number of anilines is 2. The summed E-state index contributed by atoms with van der Waals surface area (Å²) in [6, 6.07) is 11.8. The van der Waals surface area contributed by atoms with Gasteiger partial charge in [0, 0.05) is 6.54 Å². The number of nitrogens with one attached hydrogen (secondary N) is 1. The molecule has 0 amide bonds. The quantitative estimate of drug-likeness (QED) is 0.555. The van der Waals surface area contributed by atoms with Gasteiger partial charge in [0.2, 0.25) is 10.0 Å². The molecule has 33 heavy (non-hydrogen) atoms. The molecule has 6 nitrogen and oxygen atoms in total. The van der Waals surface area contributed by atoms with Crippen molar-refractivity contribution in [3.8, 4) is 0 Å². The van der Waals surface area contributed by atoms with E-state index in [0.29, 0.717) is 36.2 Å². The van der Waals surface area contributed by atoms with Crippen LogP contribution < -0.4 is 9.03 Å². The van der Waals surface area contributed by atoms with Gasteiger partial charge >= 0.3 is 0 Å². The SMILES string of the molecule is O=S(=O)(Nc1ccc2c(c1)N(S(=O)(=O)Cc1ccc(F)cc1)CCC2)c1ccc(F)c(F)c1. The zero-order chi connectivity index (χ0) is 23.8. The largest absolute Gasteiger partial charge is 0.280 e. The highest BCUT2D eigenvalue weighted by Gasteiger charge is 2.28. The highest BCUT2D eigenvalue weighted by atomic mass is 32.2. The molecule has 1 aliphatic heterocycles. The van der Waals surface area contributed by atoms with Gasteiger partial charge in [-0.1, -0.05) is 18.2 Å². The number of nitrogens with zero attached hydrogens (tertiary/aromatic N) is 1. The number of hydrogen-bond donors (Lipinski definition) is 1. The molecule has 11 heteroatoms. The fourth-order valence-electron chi connectivity index (χ4n) is 3.62. The Hall–Kier alpha value is -3.05. The molecule has 4 rings (SSSR count). The standard InChI is InChI=1S/C22H19F3N2O4S2/c23-17-6-3-15(4-7-17)14-32(28,29)27-11-1-2-16-5-8-18(12-22(16)27)26-33(30,31)19-9-10-20(24)21(25)13-19/h3-10,12-13,26H,1-2,11,14H2. The summed E-state index contributed by atoms with van der Waals surface area (Å²) in [6.07, 6.45) is 1.18. The van der Waals surface area contributed by atoms with Crippen LogP contribution in [0, 0.1) is 17.5 Å². The van der Waals surface area contributed by atoms with Crippen molar-refractivity contribution in [1.29, 1.82) is 0 Å². The van der Waals surface area contributed by atoms with Crippen molar-refractivity contribution in [2.45, 2.75) is 23.5 Å². The summed E-state index contributed by atoms with van der Waals surface area (Å²) in [5.74, 6) is -3.30. The van der Waals surface area contributed by atoms with Crippen molar-refractivity contribution >= 4 is 31.4 Å². The van der Waals surface area contributed by atoms with Gasteiger partial charge in [-0.25, -0.2) is 30.0 Å². The van der Waals surface area contributed by atoms with E-state index < -0.39 is 42.4 Å². The van der Waals surface area contributed by atoms with Gasteiger partial charge < -0.3 is 0 Å². The Bertz CT molecular complexity index is 1410. The van der Waals surface area contributed by atoms with Gasteiger partial charge in [-0.3, -0.25) is 9.03 Å². The van der Waals surface area contributed by atoms with Crippen LogP contribution in [0.1, 0.15) is 17.5 Å². The summed E-state index contributed by atoms with van der Waals surface area (Å²) in [5, 5.41) is 0. The van der Waals surface area contributed by atoms with Crippen molar-refractivity contribution in [3.05, 3.63) is 89.2 Å². The second-order valence-corrected chi connectivity index (χ2v) is 11.2. The minimum absolute atomic E-state index is 0.0716. The topological polar surface area (TPSA) is 83.6 Å². The molecule has 0 fully saturated rings. The van der Waals surface area contributed by atoms with Crippen LogP contribution in [0.15, 0.2) is 65.6 Å². The van der Waals surface area contributed by atoms with Crippen LogP contribution >= 0.6 is 0 Å². The molecule has 3 aromatic carbocycles. The zero-order valence-electron chi connectivity index (χ0n) is 17.1. The minimum atomic E-state index is -4.24. The predicted molar refractivity (Wildman–Crippen MR) is 118 cm³/mol. The molecule has 174 valence electrons. The molecule has 0 unspecified atom stereocenters. The van der Waals surface area contributed by atoms with Gasteiger partial charge in [0.15, 0.2) is 11.6 Å². The van der Waals surface area contributed by atoms with E-state index in [1.54, 1.807) is 6.07 Å². The van der Waals surface area contributed by atoms with E-state index in [1.165, 1.54) is 40.7 Å². The van der Waals surface area contributed by atoms with Crippen LogP contribution in [-0.2, 0) is 32.2 Å². The second kappa shape index (κ2) is 8.71. The zero-order valence-corrected chi connectivity index (χ0v) is 18.8. The van der Waals surface area contributed by atoms with Crippen molar-refractivity contribution in [2.75, 3.05) is 15.6 Å². The molecule has 0 aromatic heterocycles. The number of rotatable bonds is 6. The molecule has 1 heterocycles. The fraction of sp³-hybridized carbons (Fsp3) is 0.182. The maximum atomic E-state index is 13.5. The van der Waals surface area contributed by atoms with Gasteiger partial charge in [-0.15, -0.1) is 0 Å². The third-order valence-corrected chi connectivity index (χ3v) is 8.34. The Morgan fingerprint density at radius 1 is 0.848 bits per heavy atom. The number of aryl methyl sites for hydroxylation is 1. The number of hydrogen-bond acceptors (Lipinski definition) is 4. The molecule has 0 saturated heterocycles. The van der Waals surface area contributed by atoms with E-state index in [0.717, 1.165) is 11.6 Å². The highest BCUT2D eigenvalue weighted by Crippen LogP contribution is 2.33. The molecule has 3 aromatic rings. The summed E-state index contributed by atoms with van der Waals surface area (Å²) < 4.78 is 94.8. The number of sulfonamides is 2. The Balaban J connectivity index is 1.64. The first kappa shape index (κ1) is 23.1. The smallest absolute Gasteiger partial charge is 0.262 e. The summed E-state index contributed by atoms with van der Waals surface area (Å²) in [6.45, 7) is 0.204. The average molecular weight is 497 g/mol. The Morgan fingerprint density at radius 2 is 1.58 bits per heavy atom. The van der Waals surface area contributed by atoms with Gasteiger partial charge in [0.05, 0.1) is 22.0 Å². The first-order chi connectivity index (χ1) is 15.5. The third kappa shape index (κ3) is 4.98. The molecule has 1 aliphatic rings. The van der Waals surface area contributed by atoms with Crippen molar-refractivity contribution in [3.63, 3.8) is 0 Å². The number of benzene rings is 3. The van der Waals surface area contributed by atoms with Crippen LogP contribution in [0.3, 0.4) is 0 Å². The third-order valence-electron chi connectivity index (χ3n) is 5.21. The van der Waals surface area contributed by atoms with Gasteiger partial charge in [-0.2, -0.15) is 0 Å². The summed E-state index contributed by atoms with van der Waals surface area (Å²) in [4.78, 5) is -0.472. The Labute approximate surface area is 189 Å². The van der Waals surface area contributed by atoms with E-state index in [2.05, 4.69) is 4.72 Å². The lowest BCUT2D eigenvalue weighted by Crippen LogP contribution is -2.36. The van der Waals surface area contributed by atoms with Gasteiger partial charge in [0.25, 0.3) is 10.0 Å². The van der Waals surface area contributed by atoms with Crippen LogP contribution in [0.2, 0.25) is 0 Å². The number of fused-ring (bicyclic) bond motifs is 1. The fourth-order valence-corrected chi connectivity index (χ4v) is 6.33. The molecule has 0 bridgehead atoms. The molecule has 0 saturated carbocycles. The van der Waals surface area contributed by atoms with Crippen LogP contribution in [-0.4, -0.2) is 23.4 Å². The molecule has 1 N–H and O–H groups in total. The lowest BCUT2D eigenvalue weighted by Gasteiger charge is -2.31. The molecule has 0 atom stereocenters. The molecule has 0 aliphatic carbocycles. The second-order valence-electron chi connectivity index (χ2n) is 7.58. The van der Waals surface area contributed by atoms with E-state index in [9.17, 15) is 30.0 Å². The maximum absolute atomic E-state index is 13.5. The van der Waals surface area contributed by atoms with Crippen LogP contribution in [0.5, 0.6) is 0 Å². The van der Waals surface area contributed by atoms with Crippen molar-refractivity contribution < 1.29 is 30.0 Å². The summed E-state index contributed by atoms with van der Waals surface area (Å²) in [5.41, 5.74) is 1.54. The van der Waals surface area contributed by atoms with Gasteiger partial charge in [-0.05, 0) is 66.4 Å². The van der Waals surface area contributed by atoms with Crippen molar-refractivity contribution in [2.24, 2.45) is 0 Å². The highest BCUT2D eigenvalue weighted by molar-refractivity contribution is 7.92. The van der Waals surface area contributed by atoms with E-state index in [-0.39, 0.29) is 18.0 Å². The van der Waals surface area contributed by atoms with Crippen LogP contribution in [0.4, 0.5) is 24.5 Å². The van der Waals surface area contributed by atoms with E-state index >= 15 is 0 Å². The van der Waals surface area contributed by atoms with Crippen LogP contribution in [0.25, 0.3) is 0 Å². The van der Waals surface area contributed by atoms with Crippen molar-refractivity contribution in [1.82, 2.24) is 0 Å². The number of halogens is 3. The first-order valence-corrected chi connectivity index (χ1v) is 13.0. The maximum Gasteiger partial charge on any atom is 0.262 e. The van der Waals surface area contributed by atoms with Gasteiger partial charge in [0.1, 0.15) is 5.82 Å². The summed E-state index contributed by atoms with van der Waals surface area (Å²) in [7, 11) is -8.09. The Kier molecular flexibility index (Phi) is 6.10. The average Bonchev–Trinajstić information content (AvgIpc) is 2.76. The lowest BCUT2D eigenvalue weighted by molar-refractivity contribution is 0.504. The van der Waals surface area contributed by atoms with E-state index in [1.807, 2.05) is 0 Å². The molecular weight excluding hydrogens is 477 g/mol. The minimum Gasteiger partial charge on any atom is -0.280 e. The molecule has 0 radical (unpaired) electrons. The molecular formula is C22H19F3N2O4S2. The monoisotopic (exact) mass is 496 g/mol. The normalized spacial score (nSPS) is 14.1. The predicted octanol–water partition coefficient (Wildman–Crippen LogP) is 4.19. The van der Waals surface area contributed by atoms with E-state index in [4.69, 9.17) is 0 Å². The molecule has 0 spiro atoms. The summed E-state index contributed by atoms with van der Waals surface area (Å²) >= 11 is 0. The lowest BCUT2D eigenvalue weighted by atomic mass is 10.0. The Morgan fingerprint density at radius 3 is 2.27 bits per heavy atom. The first-order valence-electron chi connectivity index (χ1n) is 9.91.